The molecule has 3 nitrogen and oxygen atoms in total. The maximum absolute atomic E-state index is 12.1. The summed E-state index contributed by atoms with van der Waals surface area (Å²) in [4.78, 5) is 13.2. The molecular weight excluding hydrogens is 390 g/mol. The zero-order valence-electron chi connectivity index (χ0n) is 15.2. The standard InChI is InChI=1S/C23H20ClNO2S/c24-22-13-12-16(28-22)7-5-6-14-25-23(26)27-15-21-19-10-3-1-8-17(19)18-9-2-4-11-20(18)21/h1-5,7-13,21H,6,14-15H2,(H,25,26). The molecule has 0 saturated heterocycles. The first-order valence-electron chi connectivity index (χ1n) is 9.23. The minimum Gasteiger partial charge on any atom is -0.449 e. The quantitative estimate of drug-likeness (QED) is 0.482. The van der Waals surface area contributed by atoms with Crippen molar-refractivity contribution in [3.05, 3.63) is 87.1 Å². The van der Waals surface area contributed by atoms with Crippen LogP contribution in [0, 0.1) is 0 Å². The first kappa shape index (κ1) is 18.8. The summed E-state index contributed by atoms with van der Waals surface area (Å²) in [6, 6.07) is 20.5. The second kappa shape index (κ2) is 8.63. The Morgan fingerprint density at radius 3 is 2.36 bits per heavy atom. The zero-order chi connectivity index (χ0) is 19.3. The van der Waals surface area contributed by atoms with Crippen molar-refractivity contribution in [2.75, 3.05) is 13.2 Å². The molecule has 1 aliphatic rings. The number of hydrogen-bond acceptors (Lipinski definition) is 3. The van der Waals surface area contributed by atoms with E-state index in [-0.39, 0.29) is 12.0 Å². The highest BCUT2D eigenvalue weighted by molar-refractivity contribution is 7.16. The van der Waals surface area contributed by atoms with E-state index in [9.17, 15) is 4.79 Å². The molecule has 0 spiro atoms. The number of amides is 1. The summed E-state index contributed by atoms with van der Waals surface area (Å²) in [5.74, 6) is 0.0848. The predicted octanol–water partition coefficient (Wildman–Crippen LogP) is 6.34. The number of fused-ring (bicyclic) bond motifs is 3. The van der Waals surface area contributed by atoms with Gasteiger partial charge in [-0.15, -0.1) is 11.3 Å². The molecule has 1 heterocycles. The molecule has 0 fully saturated rings. The summed E-state index contributed by atoms with van der Waals surface area (Å²) >= 11 is 7.43. The van der Waals surface area contributed by atoms with Crippen LogP contribution < -0.4 is 5.32 Å². The Morgan fingerprint density at radius 2 is 1.71 bits per heavy atom. The van der Waals surface area contributed by atoms with E-state index in [1.165, 1.54) is 33.6 Å². The van der Waals surface area contributed by atoms with Gasteiger partial charge in [0.1, 0.15) is 6.61 Å². The Balaban J connectivity index is 1.29. The van der Waals surface area contributed by atoms with Crippen LogP contribution in [0.4, 0.5) is 4.79 Å². The summed E-state index contributed by atoms with van der Waals surface area (Å²) in [6.45, 7) is 0.871. The highest BCUT2D eigenvalue weighted by atomic mass is 35.5. The fraction of sp³-hybridized carbons (Fsp3) is 0.174. The zero-order valence-corrected chi connectivity index (χ0v) is 16.8. The molecule has 1 aliphatic carbocycles. The van der Waals surface area contributed by atoms with E-state index in [1.807, 2.05) is 48.6 Å². The van der Waals surface area contributed by atoms with Crippen molar-refractivity contribution >= 4 is 35.1 Å². The van der Waals surface area contributed by atoms with Gasteiger partial charge in [0.05, 0.1) is 4.34 Å². The van der Waals surface area contributed by atoms with Crippen LogP contribution >= 0.6 is 22.9 Å². The van der Waals surface area contributed by atoms with E-state index >= 15 is 0 Å². The van der Waals surface area contributed by atoms with E-state index in [1.54, 1.807) is 0 Å². The number of hydrogen-bond donors (Lipinski definition) is 1. The number of ether oxygens (including phenoxy) is 1. The lowest BCUT2D eigenvalue weighted by Crippen LogP contribution is -2.26. The number of alkyl carbamates (subject to hydrolysis) is 1. The second-order valence-corrected chi connectivity index (χ2v) is 8.33. The highest BCUT2D eigenvalue weighted by Crippen LogP contribution is 2.44. The van der Waals surface area contributed by atoms with Crippen molar-refractivity contribution in [3.8, 4) is 11.1 Å². The van der Waals surface area contributed by atoms with Gasteiger partial charge in [0.25, 0.3) is 0 Å². The monoisotopic (exact) mass is 409 g/mol. The van der Waals surface area contributed by atoms with Crippen molar-refractivity contribution in [3.63, 3.8) is 0 Å². The molecule has 0 unspecified atom stereocenters. The molecule has 1 amide bonds. The van der Waals surface area contributed by atoms with E-state index in [2.05, 4.69) is 29.6 Å². The fourth-order valence-electron chi connectivity index (χ4n) is 3.52. The van der Waals surface area contributed by atoms with Gasteiger partial charge >= 0.3 is 6.09 Å². The van der Waals surface area contributed by atoms with Crippen LogP contribution in [0.5, 0.6) is 0 Å². The Labute approximate surface area is 173 Å². The predicted molar refractivity (Wildman–Crippen MR) is 116 cm³/mol. The fourth-order valence-corrected chi connectivity index (χ4v) is 4.52. The van der Waals surface area contributed by atoms with Crippen LogP contribution in [0.1, 0.15) is 28.3 Å². The van der Waals surface area contributed by atoms with Gasteiger partial charge in [-0.1, -0.05) is 66.2 Å². The maximum Gasteiger partial charge on any atom is 0.407 e. The summed E-state index contributed by atoms with van der Waals surface area (Å²) in [7, 11) is 0. The van der Waals surface area contributed by atoms with E-state index < -0.39 is 0 Å². The molecule has 4 rings (SSSR count). The normalized spacial score (nSPS) is 12.8. The highest BCUT2D eigenvalue weighted by Gasteiger charge is 2.28. The van der Waals surface area contributed by atoms with E-state index in [0.717, 1.165) is 15.6 Å². The Bertz CT molecular complexity index is 966. The van der Waals surface area contributed by atoms with Gasteiger partial charge in [0, 0.05) is 17.3 Å². The van der Waals surface area contributed by atoms with Gasteiger partial charge in [-0.05, 0) is 46.9 Å². The first-order valence-corrected chi connectivity index (χ1v) is 10.4. The van der Waals surface area contributed by atoms with Gasteiger partial charge in [-0.25, -0.2) is 4.79 Å². The van der Waals surface area contributed by atoms with E-state index in [4.69, 9.17) is 16.3 Å². The number of halogens is 1. The Hall–Kier alpha value is -2.56. The second-order valence-electron chi connectivity index (χ2n) is 6.59. The number of benzene rings is 2. The Kier molecular flexibility index (Phi) is 5.79. The van der Waals surface area contributed by atoms with Gasteiger partial charge in [-0.3, -0.25) is 0 Å². The van der Waals surface area contributed by atoms with Crippen LogP contribution in [0.15, 0.2) is 66.7 Å². The van der Waals surface area contributed by atoms with Crippen molar-refractivity contribution in [2.45, 2.75) is 12.3 Å². The molecule has 2 aromatic carbocycles. The van der Waals surface area contributed by atoms with Crippen LogP contribution in [0.25, 0.3) is 17.2 Å². The molecule has 0 radical (unpaired) electrons. The molecule has 5 heteroatoms. The van der Waals surface area contributed by atoms with Gasteiger partial charge in [0.15, 0.2) is 0 Å². The van der Waals surface area contributed by atoms with Crippen LogP contribution in [-0.4, -0.2) is 19.2 Å². The molecule has 142 valence electrons. The minimum atomic E-state index is -0.380. The number of carbonyl (C=O) groups excluding carboxylic acids is 1. The topological polar surface area (TPSA) is 38.3 Å². The third-order valence-corrected chi connectivity index (χ3v) is 6.00. The van der Waals surface area contributed by atoms with Crippen molar-refractivity contribution < 1.29 is 9.53 Å². The molecule has 1 aromatic heterocycles. The van der Waals surface area contributed by atoms with Gasteiger partial charge < -0.3 is 10.1 Å². The average Bonchev–Trinajstić information content (AvgIpc) is 3.27. The van der Waals surface area contributed by atoms with Crippen LogP contribution in [0.3, 0.4) is 0 Å². The largest absolute Gasteiger partial charge is 0.449 e. The molecule has 0 atom stereocenters. The van der Waals surface area contributed by atoms with Crippen molar-refractivity contribution in [1.82, 2.24) is 5.32 Å². The third-order valence-electron chi connectivity index (χ3n) is 4.80. The SMILES string of the molecule is O=C(NCCC=Cc1ccc(Cl)s1)OCC1c2ccccc2-c2ccccc21. The van der Waals surface area contributed by atoms with Crippen LogP contribution in [-0.2, 0) is 4.74 Å². The molecule has 1 N–H and O–H groups in total. The number of thiophene rings is 1. The molecule has 0 saturated carbocycles. The first-order chi connectivity index (χ1) is 13.7. The lowest BCUT2D eigenvalue weighted by atomic mass is 9.98. The number of rotatable bonds is 6. The lowest BCUT2D eigenvalue weighted by molar-refractivity contribution is 0.143. The smallest absolute Gasteiger partial charge is 0.407 e. The lowest BCUT2D eigenvalue weighted by Gasteiger charge is -2.14. The molecule has 0 bridgehead atoms. The minimum absolute atomic E-state index is 0.0848. The van der Waals surface area contributed by atoms with Gasteiger partial charge in [0.2, 0.25) is 0 Å². The average molecular weight is 410 g/mol. The van der Waals surface area contributed by atoms with Crippen LogP contribution in [0.2, 0.25) is 4.34 Å². The molecule has 0 aliphatic heterocycles. The third kappa shape index (κ3) is 4.13. The van der Waals surface area contributed by atoms with Crippen molar-refractivity contribution in [2.24, 2.45) is 0 Å². The van der Waals surface area contributed by atoms with Gasteiger partial charge in [-0.2, -0.15) is 0 Å². The molecular formula is C23H20ClNO2S. The molecule has 3 aromatic rings. The van der Waals surface area contributed by atoms with E-state index in [0.29, 0.717) is 13.2 Å². The molecule has 28 heavy (non-hydrogen) atoms. The maximum atomic E-state index is 12.1. The summed E-state index contributed by atoms with van der Waals surface area (Å²) in [5, 5.41) is 2.81. The number of carbonyl (C=O) groups is 1. The summed E-state index contributed by atoms with van der Waals surface area (Å²) in [5.41, 5.74) is 4.89. The van der Waals surface area contributed by atoms with Crippen molar-refractivity contribution in [1.29, 1.82) is 0 Å². The Morgan fingerprint density at radius 1 is 1.04 bits per heavy atom. The summed E-state index contributed by atoms with van der Waals surface area (Å²) < 4.78 is 6.29. The number of nitrogens with one attached hydrogen (secondary N) is 1. The summed E-state index contributed by atoms with van der Waals surface area (Å²) in [6.07, 6.45) is 4.39.